The van der Waals surface area contributed by atoms with E-state index in [1.807, 2.05) is 24.3 Å². The zero-order chi connectivity index (χ0) is 17.4. The predicted molar refractivity (Wildman–Crippen MR) is 88.2 cm³/mol. The van der Waals surface area contributed by atoms with Crippen LogP contribution < -0.4 is 0 Å². The molecule has 4 nitrogen and oxygen atoms in total. The van der Waals surface area contributed by atoms with Gasteiger partial charge in [-0.1, -0.05) is 12.1 Å². The third kappa shape index (κ3) is 3.12. The van der Waals surface area contributed by atoms with E-state index >= 15 is 0 Å². The number of oxazole rings is 1. The minimum atomic E-state index is -0.746. The summed E-state index contributed by atoms with van der Waals surface area (Å²) in [4.78, 5) is 18.6. The summed E-state index contributed by atoms with van der Waals surface area (Å²) in [7, 11) is 0. The largest absolute Gasteiger partial charge is 0.440 e. The van der Waals surface area contributed by atoms with Gasteiger partial charge in [-0.2, -0.15) is 0 Å². The highest BCUT2D eigenvalue weighted by Gasteiger charge is 2.28. The van der Waals surface area contributed by atoms with Crippen LogP contribution in [0.1, 0.15) is 35.0 Å². The summed E-state index contributed by atoms with van der Waals surface area (Å²) < 4.78 is 32.4. The van der Waals surface area contributed by atoms with Crippen molar-refractivity contribution in [2.45, 2.75) is 18.8 Å². The summed E-state index contributed by atoms with van der Waals surface area (Å²) in [5, 5.41) is 0. The van der Waals surface area contributed by atoms with Crippen molar-refractivity contribution in [2.24, 2.45) is 0 Å². The molecule has 0 saturated carbocycles. The fourth-order valence-electron chi connectivity index (χ4n) is 3.25. The van der Waals surface area contributed by atoms with Gasteiger partial charge in [0.05, 0.1) is 0 Å². The Kier molecular flexibility index (Phi) is 3.95. The van der Waals surface area contributed by atoms with Gasteiger partial charge >= 0.3 is 0 Å². The number of fused-ring (bicyclic) bond motifs is 1. The Bertz CT molecular complexity index is 877. The van der Waals surface area contributed by atoms with Gasteiger partial charge in [-0.15, -0.1) is 0 Å². The van der Waals surface area contributed by atoms with E-state index in [2.05, 4.69) is 4.98 Å². The number of halogens is 2. The number of nitrogens with zero attached hydrogens (tertiary/aromatic N) is 2. The van der Waals surface area contributed by atoms with E-state index in [0.717, 1.165) is 29.3 Å². The first-order valence-electron chi connectivity index (χ1n) is 8.21. The second-order valence-corrected chi connectivity index (χ2v) is 6.24. The van der Waals surface area contributed by atoms with Crippen molar-refractivity contribution in [3.63, 3.8) is 0 Å². The van der Waals surface area contributed by atoms with Crippen LogP contribution in [0.5, 0.6) is 0 Å². The van der Waals surface area contributed by atoms with Crippen molar-refractivity contribution in [1.82, 2.24) is 9.88 Å². The minimum absolute atomic E-state index is 0.0396. The maximum absolute atomic E-state index is 13.3. The van der Waals surface area contributed by atoms with E-state index in [1.54, 1.807) is 4.90 Å². The Morgan fingerprint density at radius 2 is 1.76 bits per heavy atom. The molecule has 0 spiro atoms. The molecule has 1 saturated heterocycles. The van der Waals surface area contributed by atoms with Gasteiger partial charge in [0, 0.05) is 30.6 Å². The fraction of sp³-hybridized carbons (Fsp3) is 0.263. The number of amides is 1. The van der Waals surface area contributed by atoms with Crippen LogP contribution in [-0.2, 0) is 0 Å². The monoisotopic (exact) mass is 342 g/mol. The molecule has 1 aromatic heterocycles. The Morgan fingerprint density at radius 1 is 1.08 bits per heavy atom. The number of rotatable bonds is 2. The van der Waals surface area contributed by atoms with E-state index in [9.17, 15) is 13.6 Å². The molecule has 2 aromatic carbocycles. The van der Waals surface area contributed by atoms with Gasteiger partial charge in [-0.05, 0) is 37.1 Å². The lowest BCUT2D eigenvalue weighted by atomic mass is 9.96. The van der Waals surface area contributed by atoms with Crippen molar-refractivity contribution in [3.05, 3.63) is 65.6 Å². The molecular formula is C19H16F2N2O2. The van der Waals surface area contributed by atoms with Gasteiger partial charge in [0.25, 0.3) is 5.91 Å². The van der Waals surface area contributed by atoms with Crippen molar-refractivity contribution in [2.75, 3.05) is 13.1 Å². The fourth-order valence-corrected chi connectivity index (χ4v) is 3.25. The zero-order valence-corrected chi connectivity index (χ0v) is 13.4. The number of para-hydroxylation sites is 2. The highest BCUT2D eigenvalue weighted by molar-refractivity contribution is 5.94. The maximum Gasteiger partial charge on any atom is 0.254 e. The summed E-state index contributed by atoms with van der Waals surface area (Å²) in [6.45, 7) is 1.00. The summed E-state index contributed by atoms with van der Waals surface area (Å²) >= 11 is 0. The number of carbonyl (C=O) groups excluding carboxylic acids is 1. The second-order valence-electron chi connectivity index (χ2n) is 6.24. The number of carbonyl (C=O) groups is 1. The number of piperidine rings is 1. The number of aromatic nitrogens is 1. The van der Waals surface area contributed by atoms with Gasteiger partial charge in [0.1, 0.15) is 17.2 Å². The molecule has 1 aliphatic heterocycles. The van der Waals surface area contributed by atoms with Gasteiger partial charge in [0.15, 0.2) is 11.5 Å². The highest BCUT2D eigenvalue weighted by atomic mass is 19.1. The first kappa shape index (κ1) is 15.7. The third-order valence-electron chi connectivity index (χ3n) is 4.55. The number of benzene rings is 2. The summed E-state index contributed by atoms with van der Waals surface area (Å²) in [6, 6.07) is 10.5. The first-order chi connectivity index (χ1) is 12.1. The molecule has 25 heavy (non-hydrogen) atoms. The minimum Gasteiger partial charge on any atom is -0.440 e. The standard InChI is InChI=1S/C19H16F2N2O2/c20-14-9-13(10-15(21)11-14)19(24)23-7-5-12(6-8-23)18-22-16-3-1-2-4-17(16)25-18/h1-4,9-12H,5-8H2. The SMILES string of the molecule is O=C(c1cc(F)cc(F)c1)N1CCC(c2nc3ccccc3o2)CC1. The average molecular weight is 342 g/mol. The van der Waals surface area contributed by atoms with Crippen molar-refractivity contribution in [3.8, 4) is 0 Å². The van der Waals surface area contributed by atoms with Crippen LogP contribution >= 0.6 is 0 Å². The molecule has 0 N–H and O–H groups in total. The smallest absolute Gasteiger partial charge is 0.254 e. The molecule has 1 amide bonds. The Labute approximate surface area is 143 Å². The van der Waals surface area contributed by atoms with E-state index in [4.69, 9.17) is 4.42 Å². The van der Waals surface area contributed by atoms with Gasteiger partial charge in [-0.25, -0.2) is 13.8 Å². The quantitative estimate of drug-likeness (QED) is 0.704. The maximum atomic E-state index is 13.3. The van der Waals surface area contributed by atoms with Crippen LogP contribution in [0.2, 0.25) is 0 Å². The Hall–Kier alpha value is -2.76. The molecule has 3 aromatic rings. The summed E-state index contributed by atoms with van der Waals surface area (Å²) in [5.41, 5.74) is 1.62. The van der Waals surface area contributed by atoms with Crippen molar-refractivity contribution < 1.29 is 18.0 Å². The summed E-state index contributed by atoms with van der Waals surface area (Å²) in [5.74, 6) is -1.02. The van der Waals surface area contributed by atoms with Crippen molar-refractivity contribution >= 4 is 17.0 Å². The molecule has 128 valence electrons. The molecule has 4 rings (SSSR count). The highest BCUT2D eigenvalue weighted by Crippen LogP contribution is 2.30. The third-order valence-corrected chi connectivity index (χ3v) is 4.55. The molecule has 0 atom stereocenters. The normalized spacial score (nSPS) is 15.7. The average Bonchev–Trinajstić information content (AvgIpc) is 3.04. The predicted octanol–water partition coefficient (Wildman–Crippen LogP) is 4.13. The van der Waals surface area contributed by atoms with E-state index in [0.29, 0.717) is 31.8 Å². The lowest BCUT2D eigenvalue weighted by Gasteiger charge is -2.30. The van der Waals surface area contributed by atoms with E-state index in [-0.39, 0.29) is 17.4 Å². The second kappa shape index (κ2) is 6.27. The van der Waals surface area contributed by atoms with E-state index < -0.39 is 11.6 Å². The van der Waals surface area contributed by atoms with Crippen LogP contribution in [0.15, 0.2) is 46.9 Å². The molecule has 0 bridgehead atoms. The number of hydrogen-bond acceptors (Lipinski definition) is 3. The summed E-state index contributed by atoms with van der Waals surface area (Å²) in [6.07, 6.45) is 1.41. The molecule has 2 heterocycles. The van der Waals surface area contributed by atoms with Crippen LogP contribution in [0.3, 0.4) is 0 Å². The van der Waals surface area contributed by atoms with Crippen molar-refractivity contribution in [1.29, 1.82) is 0 Å². The van der Waals surface area contributed by atoms with Crippen LogP contribution in [0, 0.1) is 11.6 Å². The van der Waals surface area contributed by atoms with Crippen LogP contribution in [0.4, 0.5) is 8.78 Å². The van der Waals surface area contributed by atoms with Gasteiger partial charge < -0.3 is 9.32 Å². The first-order valence-corrected chi connectivity index (χ1v) is 8.21. The molecule has 1 aliphatic rings. The number of hydrogen-bond donors (Lipinski definition) is 0. The van der Waals surface area contributed by atoms with Crippen LogP contribution in [0.25, 0.3) is 11.1 Å². The zero-order valence-electron chi connectivity index (χ0n) is 13.4. The van der Waals surface area contributed by atoms with E-state index in [1.165, 1.54) is 0 Å². The van der Waals surface area contributed by atoms with Gasteiger partial charge in [-0.3, -0.25) is 4.79 Å². The number of likely N-dealkylation sites (tertiary alicyclic amines) is 1. The van der Waals surface area contributed by atoms with Gasteiger partial charge in [0.2, 0.25) is 0 Å². The molecule has 6 heteroatoms. The lowest BCUT2D eigenvalue weighted by Crippen LogP contribution is -2.38. The lowest BCUT2D eigenvalue weighted by molar-refractivity contribution is 0.0705. The Morgan fingerprint density at radius 3 is 2.44 bits per heavy atom. The molecule has 1 fully saturated rings. The molecule has 0 aliphatic carbocycles. The molecule has 0 radical (unpaired) electrons. The van der Waals surface area contributed by atoms with Crippen LogP contribution in [-0.4, -0.2) is 28.9 Å². The Balaban J connectivity index is 1.46. The molecular weight excluding hydrogens is 326 g/mol. The molecule has 0 unspecified atom stereocenters. The topological polar surface area (TPSA) is 46.3 Å².